The molecule has 9 heteroatoms. The second kappa shape index (κ2) is 9.25. The molecule has 3 heterocycles. The Bertz CT molecular complexity index is 1760. The number of carbonyl (C=O) groups is 1. The molecule has 37 heavy (non-hydrogen) atoms. The largest absolute Gasteiger partial charge is 0.494 e. The van der Waals surface area contributed by atoms with E-state index in [2.05, 4.69) is 10.1 Å². The fraction of sp³-hybridized carbons (Fsp3) is 0.143. The predicted octanol–water partition coefficient (Wildman–Crippen LogP) is 4.21. The third kappa shape index (κ3) is 3.97. The van der Waals surface area contributed by atoms with Crippen molar-refractivity contribution in [2.24, 2.45) is 0 Å². The minimum Gasteiger partial charge on any atom is -0.494 e. The quantitative estimate of drug-likeness (QED) is 0.341. The summed E-state index contributed by atoms with van der Waals surface area (Å²) in [6, 6.07) is 21.0. The first-order valence-electron chi connectivity index (χ1n) is 11.9. The molecule has 0 radical (unpaired) electrons. The third-order valence-corrected chi connectivity index (χ3v) is 7.21. The zero-order valence-electron chi connectivity index (χ0n) is 19.8. The molecule has 0 bridgehead atoms. The van der Waals surface area contributed by atoms with E-state index in [1.165, 1.54) is 15.5 Å². The van der Waals surface area contributed by atoms with Gasteiger partial charge in [0.2, 0.25) is 4.96 Å². The number of hydrogen-bond donors (Lipinski definition) is 0. The summed E-state index contributed by atoms with van der Waals surface area (Å²) in [5.41, 5.74) is 2.30. The van der Waals surface area contributed by atoms with Gasteiger partial charge in [0.1, 0.15) is 16.1 Å². The monoisotopic (exact) mass is 512 g/mol. The van der Waals surface area contributed by atoms with Crippen LogP contribution in [0.1, 0.15) is 24.5 Å². The number of amides is 1. The third-order valence-electron chi connectivity index (χ3n) is 6.18. The molecule has 5 aromatic rings. The molecule has 1 aliphatic heterocycles. The van der Waals surface area contributed by atoms with Crippen molar-refractivity contribution < 1.29 is 13.9 Å². The highest BCUT2D eigenvalue weighted by Gasteiger charge is 2.34. The van der Waals surface area contributed by atoms with Gasteiger partial charge in [0.05, 0.1) is 24.4 Å². The number of anilines is 1. The molecule has 0 N–H and O–H groups in total. The van der Waals surface area contributed by atoms with E-state index < -0.39 is 5.56 Å². The van der Waals surface area contributed by atoms with Gasteiger partial charge in [-0.15, -0.1) is 5.10 Å². The van der Waals surface area contributed by atoms with Crippen molar-refractivity contribution in [2.45, 2.75) is 19.9 Å². The van der Waals surface area contributed by atoms with Crippen LogP contribution >= 0.6 is 11.3 Å². The van der Waals surface area contributed by atoms with Crippen LogP contribution in [0.3, 0.4) is 0 Å². The first-order chi connectivity index (χ1) is 18.0. The maximum atomic E-state index is 14.4. The van der Waals surface area contributed by atoms with E-state index >= 15 is 0 Å². The molecule has 2 aromatic heterocycles. The number of thiazole rings is 1. The van der Waals surface area contributed by atoms with E-state index in [0.717, 1.165) is 29.1 Å². The van der Waals surface area contributed by atoms with Gasteiger partial charge >= 0.3 is 0 Å². The highest BCUT2D eigenvalue weighted by Crippen LogP contribution is 2.36. The maximum absolute atomic E-state index is 14.4. The topological polar surface area (TPSA) is 76.8 Å². The lowest BCUT2D eigenvalue weighted by molar-refractivity contribution is -0.113. The minimum atomic E-state index is -0.410. The van der Waals surface area contributed by atoms with Gasteiger partial charge in [-0.25, -0.2) is 4.39 Å². The molecule has 1 amide bonds. The number of aromatic nitrogens is 3. The zero-order valence-corrected chi connectivity index (χ0v) is 20.7. The zero-order chi connectivity index (χ0) is 25.5. The number of ether oxygens (including phenoxy) is 1. The average molecular weight is 513 g/mol. The molecule has 0 unspecified atom stereocenters. The normalized spacial score (nSPS) is 14.4. The van der Waals surface area contributed by atoms with Gasteiger partial charge in [0.25, 0.3) is 11.5 Å². The van der Waals surface area contributed by atoms with Gasteiger partial charge in [0, 0.05) is 16.7 Å². The Morgan fingerprint density at radius 1 is 0.973 bits per heavy atom. The molecule has 6 rings (SSSR count). The van der Waals surface area contributed by atoms with Crippen molar-refractivity contribution in [1.29, 1.82) is 0 Å². The summed E-state index contributed by atoms with van der Waals surface area (Å²) in [4.78, 5) is 33.5. The van der Waals surface area contributed by atoms with Crippen molar-refractivity contribution in [1.82, 2.24) is 14.6 Å². The van der Waals surface area contributed by atoms with Gasteiger partial charge in [0.15, 0.2) is 5.82 Å². The summed E-state index contributed by atoms with van der Waals surface area (Å²) in [6.07, 6.45) is 0.919. The smallest absolute Gasteiger partial charge is 0.291 e. The summed E-state index contributed by atoms with van der Waals surface area (Å²) < 4.78 is 21.5. The Morgan fingerprint density at radius 2 is 1.73 bits per heavy atom. The van der Waals surface area contributed by atoms with Gasteiger partial charge in [-0.1, -0.05) is 54.7 Å². The summed E-state index contributed by atoms with van der Waals surface area (Å²) in [7, 11) is 0. The van der Waals surface area contributed by atoms with E-state index in [9.17, 15) is 14.0 Å². The van der Waals surface area contributed by atoms with Crippen LogP contribution in [0.25, 0.3) is 21.9 Å². The molecule has 0 aliphatic carbocycles. The second-order valence-electron chi connectivity index (χ2n) is 8.61. The lowest BCUT2D eigenvalue weighted by atomic mass is 10.1. The van der Waals surface area contributed by atoms with Crippen LogP contribution in [0.5, 0.6) is 5.75 Å². The molecular weight excluding hydrogens is 491 g/mol. The van der Waals surface area contributed by atoms with Crippen LogP contribution in [-0.2, 0) is 11.3 Å². The Balaban J connectivity index is 1.41. The molecular formula is C28H21FN4O3S. The Hall–Kier alpha value is -4.37. The summed E-state index contributed by atoms with van der Waals surface area (Å²) in [6.45, 7) is 2.74. The van der Waals surface area contributed by atoms with Crippen LogP contribution in [0.4, 0.5) is 10.1 Å². The van der Waals surface area contributed by atoms with Crippen LogP contribution in [0.2, 0.25) is 0 Å². The predicted molar refractivity (Wildman–Crippen MR) is 140 cm³/mol. The molecule has 3 aromatic carbocycles. The van der Waals surface area contributed by atoms with Crippen molar-refractivity contribution in [2.75, 3.05) is 11.5 Å². The van der Waals surface area contributed by atoms with Crippen LogP contribution in [0.15, 0.2) is 77.6 Å². The molecule has 0 fully saturated rings. The molecule has 0 saturated carbocycles. The second-order valence-corrected chi connectivity index (χ2v) is 9.59. The Kier molecular flexibility index (Phi) is 5.77. The molecule has 0 spiro atoms. The van der Waals surface area contributed by atoms with E-state index in [1.807, 2.05) is 43.3 Å². The molecule has 0 saturated heterocycles. The number of fused-ring (bicyclic) bond motifs is 2. The highest BCUT2D eigenvalue weighted by atomic mass is 32.1. The molecule has 1 aliphatic rings. The fourth-order valence-electron chi connectivity index (χ4n) is 4.38. The van der Waals surface area contributed by atoms with Crippen molar-refractivity contribution in [3.05, 3.63) is 105 Å². The Morgan fingerprint density at radius 3 is 2.49 bits per heavy atom. The first kappa shape index (κ1) is 23.1. The van der Waals surface area contributed by atoms with Gasteiger partial charge < -0.3 is 9.64 Å². The molecule has 184 valence electrons. The molecule has 0 atom stereocenters. The van der Waals surface area contributed by atoms with Crippen LogP contribution in [-0.4, -0.2) is 27.1 Å². The van der Waals surface area contributed by atoms with Gasteiger partial charge in [-0.2, -0.15) is 9.50 Å². The van der Waals surface area contributed by atoms with Gasteiger partial charge in [-0.3, -0.25) is 9.59 Å². The first-order valence-corrected chi connectivity index (χ1v) is 12.7. The van der Waals surface area contributed by atoms with E-state index in [0.29, 0.717) is 34.2 Å². The standard InChI is InChI=1S/C28H21FN4O3S/c1-2-15-36-19-13-11-17(12-14-19)25-30-28-33(31-25)27(35)24(37-28)23-20-8-4-6-10-22(20)32(26(23)34)16-18-7-3-5-9-21(18)29/h3-14H,2,15-16H2,1H3. The summed E-state index contributed by atoms with van der Waals surface area (Å²) >= 11 is 1.12. The summed E-state index contributed by atoms with van der Waals surface area (Å²) in [5, 5.41) is 4.42. The SMILES string of the molecule is CCCOc1ccc(-c2nc3sc(=C4C(=O)N(Cc5ccccc5F)c5ccccc54)c(=O)n3n2)cc1. The lowest BCUT2D eigenvalue weighted by Crippen LogP contribution is -2.32. The Labute approximate surface area is 215 Å². The number of hydrogen-bond acceptors (Lipinski definition) is 6. The number of nitrogens with zero attached hydrogens (tertiary/aromatic N) is 4. The van der Waals surface area contributed by atoms with E-state index in [1.54, 1.807) is 30.3 Å². The minimum absolute atomic E-state index is 0.0586. The fourth-order valence-corrected chi connectivity index (χ4v) is 5.38. The average Bonchev–Trinajstić information content (AvgIpc) is 3.55. The van der Waals surface area contributed by atoms with Crippen LogP contribution in [0, 0.1) is 5.82 Å². The maximum Gasteiger partial charge on any atom is 0.291 e. The number of rotatable bonds is 6. The van der Waals surface area contributed by atoms with Crippen molar-refractivity contribution in [3.63, 3.8) is 0 Å². The molecule has 7 nitrogen and oxygen atoms in total. The number of benzene rings is 3. The van der Waals surface area contributed by atoms with E-state index in [4.69, 9.17) is 4.74 Å². The number of para-hydroxylation sites is 1. The number of carbonyl (C=O) groups excluding carboxylic acids is 1. The summed E-state index contributed by atoms with van der Waals surface area (Å²) in [5.74, 6) is 0.436. The number of halogens is 1. The van der Waals surface area contributed by atoms with E-state index in [-0.39, 0.29) is 28.4 Å². The van der Waals surface area contributed by atoms with Gasteiger partial charge in [-0.05, 0) is 42.8 Å². The van der Waals surface area contributed by atoms with Crippen LogP contribution < -0.4 is 19.7 Å². The van der Waals surface area contributed by atoms with Crippen molar-refractivity contribution in [3.8, 4) is 17.1 Å². The van der Waals surface area contributed by atoms with Crippen molar-refractivity contribution >= 4 is 33.5 Å². The lowest BCUT2D eigenvalue weighted by Gasteiger charge is -2.17. The highest BCUT2D eigenvalue weighted by molar-refractivity contribution is 7.15.